The molecule has 0 unspecified atom stereocenters. The summed E-state index contributed by atoms with van der Waals surface area (Å²) in [7, 11) is 0. The second-order valence-electron chi connectivity index (χ2n) is 6.87. The lowest BCUT2D eigenvalue weighted by Gasteiger charge is -2.39. The maximum Gasteiger partial charge on any atom is 0.226 e. The highest BCUT2D eigenvalue weighted by atomic mass is 127. The van der Waals surface area contributed by atoms with Crippen molar-refractivity contribution < 1.29 is 4.39 Å². The molecule has 0 bridgehead atoms. The molecule has 26 heavy (non-hydrogen) atoms. The third kappa shape index (κ3) is 4.30. The number of hydrogen-bond acceptors (Lipinski definition) is 2. The summed E-state index contributed by atoms with van der Waals surface area (Å²) in [6, 6.07) is 7.45. The third-order valence-electron chi connectivity index (χ3n) is 4.77. The number of allylic oxidation sites excluding steroid dienone is 1. The molecular formula is C20H23FI2N2S. The van der Waals surface area contributed by atoms with E-state index < -0.39 is 43.1 Å². The van der Waals surface area contributed by atoms with Gasteiger partial charge in [0.2, 0.25) is 1.68 Å². The maximum atomic E-state index is 15.4. The third-order valence-corrected chi connectivity index (χ3v) is 12.1. The first-order chi connectivity index (χ1) is 12.2. The van der Waals surface area contributed by atoms with Crippen LogP contribution in [0.3, 0.4) is 0 Å². The predicted octanol–water partition coefficient (Wildman–Crippen LogP) is 6.69. The number of alkyl halides is 3. The monoisotopic (exact) mass is 596 g/mol. The number of benzene rings is 1. The Morgan fingerprint density at radius 2 is 1.96 bits per heavy atom. The van der Waals surface area contributed by atoms with Gasteiger partial charge < -0.3 is 4.90 Å². The van der Waals surface area contributed by atoms with Gasteiger partial charge >= 0.3 is 0 Å². The van der Waals surface area contributed by atoms with Crippen molar-refractivity contribution in [2.45, 2.75) is 41.2 Å². The van der Waals surface area contributed by atoms with E-state index in [4.69, 9.17) is 12.2 Å². The van der Waals surface area contributed by atoms with Crippen molar-refractivity contribution in [1.29, 1.82) is 5.26 Å². The van der Waals surface area contributed by atoms with E-state index in [0.29, 0.717) is 11.1 Å². The van der Waals surface area contributed by atoms with E-state index in [1.54, 1.807) is 12.1 Å². The van der Waals surface area contributed by atoms with Gasteiger partial charge in [0.15, 0.2) is 0 Å². The molecule has 0 radical (unpaired) electrons. The standard InChI is InChI=1S/C20H23FI2N2S/c1-14-19(2,3)11-7-6-8-18(26)25(14)16-10-9-15(13-24)17(12-16)20(21,22-4)23-5/h9-10,12H,1,4-8,11H2,2-3H3. The highest BCUT2D eigenvalue weighted by Crippen LogP contribution is 2.49. The Hall–Kier alpha value is -0.530. The highest BCUT2D eigenvalue weighted by Gasteiger charge is 2.33. The van der Waals surface area contributed by atoms with Gasteiger partial charge in [0, 0.05) is 22.4 Å². The van der Waals surface area contributed by atoms with Gasteiger partial charge in [-0.1, -0.05) is 89.6 Å². The second kappa shape index (κ2) is 8.65. The molecule has 6 heteroatoms. The van der Waals surface area contributed by atoms with E-state index in [1.165, 1.54) is 0 Å². The lowest BCUT2D eigenvalue weighted by molar-refractivity contribution is 0.381. The number of hydrogen-bond donors (Lipinski definition) is 0. The summed E-state index contributed by atoms with van der Waals surface area (Å²) in [5.41, 5.74) is 2.42. The van der Waals surface area contributed by atoms with Gasteiger partial charge in [0.25, 0.3) is 0 Å². The largest absolute Gasteiger partial charge is 0.308 e. The zero-order valence-corrected chi connectivity index (χ0v) is 20.2. The minimum Gasteiger partial charge on any atom is -0.308 e. The molecule has 1 aromatic rings. The summed E-state index contributed by atoms with van der Waals surface area (Å²) in [6.07, 6.45) is 4.00. The summed E-state index contributed by atoms with van der Waals surface area (Å²) in [5, 5.41) is 9.45. The number of halogens is 3. The Kier molecular flexibility index (Phi) is 7.24. The quantitative estimate of drug-likeness (QED) is 0.220. The van der Waals surface area contributed by atoms with Gasteiger partial charge in [-0.3, -0.25) is 0 Å². The van der Waals surface area contributed by atoms with Crippen LogP contribution in [0.4, 0.5) is 10.1 Å². The molecule has 0 spiro atoms. The molecule has 1 aliphatic rings. The van der Waals surface area contributed by atoms with E-state index in [1.807, 2.05) is 11.0 Å². The van der Waals surface area contributed by atoms with Crippen molar-refractivity contribution in [3.63, 3.8) is 0 Å². The smallest absolute Gasteiger partial charge is 0.226 e. The van der Waals surface area contributed by atoms with Crippen LogP contribution in [0.25, 0.3) is 0 Å². The van der Waals surface area contributed by atoms with Crippen molar-refractivity contribution in [3.05, 3.63) is 41.6 Å². The fraction of sp³-hybridized carbons (Fsp3) is 0.400. The molecule has 1 fully saturated rings. The number of nitrogens with zero attached hydrogens (tertiary/aromatic N) is 2. The Labute approximate surface area is 181 Å². The fourth-order valence-electron chi connectivity index (χ4n) is 3.04. The van der Waals surface area contributed by atoms with Crippen molar-refractivity contribution in [2.75, 3.05) is 4.90 Å². The summed E-state index contributed by atoms with van der Waals surface area (Å²) in [6.45, 7) is 8.66. The minimum atomic E-state index is -1.51. The number of rotatable bonds is 4. The molecule has 0 aromatic heterocycles. The molecule has 2 rings (SSSR count). The van der Waals surface area contributed by atoms with Crippen LogP contribution in [0.5, 0.6) is 0 Å². The van der Waals surface area contributed by atoms with Crippen molar-refractivity contribution >= 4 is 73.4 Å². The van der Waals surface area contributed by atoms with Gasteiger partial charge in [-0.2, -0.15) is 5.26 Å². The van der Waals surface area contributed by atoms with Crippen LogP contribution in [-0.2, 0) is 1.68 Å². The topological polar surface area (TPSA) is 27.0 Å². The van der Waals surface area contributed by atoms with Crippen LogP contribution >= 0.6 is 53.7 Å². The average molecular weight is 596 g/mol. The number of anilines is 1. The molecule has 1 saturated heterocycles. The van der Waals surface area contributed by atoms with Gasteiger partial charge in [-0.05, 0) is 37.5 Å². The molecule has 0 saturated carbocycles. The fourth-order valence-corrected chi connectivity index (χ4v) is 6.68. The maximum absolute atomic E-state index is 15.4. The zero-order valence-electron chi connectivity index (χ0n) is 15.1. The molecule has 140 valence electrons. The number of nitriles is 1. The van der Waals surface area contributed by atoms with E-state index in [0.717, 1.165) is 42.1 Å². The average Bonchev–Trinajstić information content (AvgIpc) is 2.63. The van der Waals surface area contributed by atoms with Gasteiger partial charge in [0.1, 0.15) is 0 Å². The highest BCUT2D eigenvalue weighted by molar-refractivity contribution is 14.2. The Morgan fingerprint density at radius 3 is 2.54 bits per heavy atom. The lowest BCUT2D eigenvalue weighted by Crippen LogP contribution is -2.37. The first kappa shape index (κ1) is 21.8. The SMILES string of the molecule is C=IC(F)(I=C)c1cc(N2C(=C)C(C)(C)CCCCC2=S)ccc1C#N. The van der Waals surface area contributed by atoms with Crippen LogP contribution in [0, 0.1) is 16.7 Å². The van der Waals surface area contributed by atoms with E-state index in [9.17, 15) is 5.26 Å². The van der Waals surface area contributed by atoms with Crippen LogP contribution in [0.2, 0.25) is 0 Å². The molecule has 0 aliphatic carbocycles. The summed E-state index contributed by atoms with van der Waals surface area (Å²) in [4.78, 5) is 2.79. The van der Waals surface area contributed by atoms with E-state index >= 15 is 4.39 Å². The molecule has 1 aromatic carbocycles. The Bertz CT molecular complexity index is 803. The molecule has 0 amide bonds. The Morgan fingerprint density at radius 1 is 1.31 bits per heavy atom. The summed E-state index contributed by atoms with van der Waals surface area (Å²) in [5.74, 6) is 0. The summed E-state index contributed by atoms with van der Waals surface area (Å²) >= 11 is 3.72. The van der Waals surface area contributed by atoms with Gasteiger partial charge in [-0.15, -0.1) is 0 Å². The molecule has 1 aliphatic heterocycles. The van der Waals surface area contributed by atoms with E-state index in [-0.39, 0.29) is 5.41 Å². The molecular weight excluding hydrogens is 573 g/mol. The zero-order chi connectivity index (χ0) is 19.5. The second-order valence-corrected chi connectivity index (χ2v) is 13.9. The van der Waals surface area contributed by atoms with E-state index in [2.05, 4.69) is 35.5 Å². The molecule has 2 nitrogen and oxygen atoms in total. The molecule has 0 atom stereocenters. The van der Waals surface area contributed by atoms with Gasteiger partial charge in [-0.25, -0.2) is 4.39 Å². The molecule has 1 heterocycles. The van der Waals surface area contributed by atoms with Crippen LogP contribution < -0.4 is 4.90 Å². The van der Waals surface area contributed by atoms with Crippen LogP contribution in [0.1, 0.15) is 50.7 Å². The minimum absolute atomic E-state index is 0.0934. The van der Waals surface area contributed by atoms with Crippen molar-refractivity contribution in [1.82, 2.24) is 0 Å². The molecule has 0 N–H and O–H groups in total. The first-order valence-corrected chi connectivity index (χ1v) is 13.9. The van der Waals surface area contributed by atoms with Crippen molar-refractivity contribution in [3.8, 4) is 6.07 Å². The predicted molar refractivity (Wildman–Crippen MR) is 133 cm³/mol. The number of thiocarbonyl (C=S) groups is 1. The first-order valence-electron chi connectivity index (χ1n) is 8.25. The van der Waals surface area contributed by atoms with Crippen LogP contribution in [-0.4, -0.2) is 14.0 Å². The lowest BCUT2D eigenvalue weighted by atomic mass is 9.81. The summed E-state index contributed by atoms with van der Waals surface area (Å²) < 4.78 is 21.6. The Balaban J connectivity index is 2.64. The van der Waals surface area contributed by atoms with Gasteiger partial charge in [0.05, 0.1) is 16.6 Å². The van der Waals surface area contributed by atoms with Crippen molar-refractivity contribution in [2.24, 2.45) is 5.41 Å². The van der Waals surface area contributed by atoms with Crippen LogP contribution in [0.15, 0.2) is 30.5 Å². The normalized spacial score (nSPS) is 18.2.